The van der Waals surface area contributed by atoms with Gasteiger partial charge in [-0.2, -0.15) is 0 Å². The second-order valence-corrected chi connectivity index (χ2v) is 9.05. The Morgan fingerprint density at radius 2 is 1.52 bits per heavy atom. The third-order valence-corrected chi connectivity index (χ3v) is 7.36. The van der Waals surface area contributed by atoms with Gasteiger partial charge in [-0.3, -0.25) is 9.59 Å². The van der Waals surface area contributed by atoms with Crippen LogP contribution in [-0.4, -0.2) is 43.0 Å². The van der Waals surface area contributed by atoms with E-state index in [0.29, 0.717) is 11.5 Å². The fourth-order valence-electron chi connectivity index (χ4n) is 5.54. The molecule has 1 saturated heterocycles. The average molecular weight is 451 g/mol. The number of hydrogen-bond acceptors (Lipinski definition) is 4. The van der Waals surface area contributed by atoms with E-state index in [1.165, 1.54) is 11.1 Å². The molecule has 1 fully saturated rings. The highest BCUT2D eigenvalue weighted by atomic mass is 16.5. The Morgan fingerprint density at radius 1 is 0.939 bits per heavy atom. The molecule has 1 aliphatic heterocycles. The Morgan fingerprint density at radius 3 is 2.03 bits per heavy atom. The first-order chi connectivity index (χ1) is 16.0. The van der Waals surface area contributed by atoms with Gasteiger partial charge in [-0.05, 0) is 47.9 Å². The van der Waals surface area contributed by atoms with Crippen molar-refractivity contribution in [2.24, 2.45) is 11.8 Å². The Bertz CT molecular complexity index is 970. The van der Waals surface area contributed by atoms with Crippen molar-refractivity contribution in [2.45, 2.75) is 58.2 Å². The highest BCUT2D eigenvalue weighted by Gasteiger charge is 2.47. The third kappa shape index (κ3) is 4.31. The minimum Gasteiger partial charge on any atom is -0.496 e. The number of carbonyl (C=O) groups excluding carboxylic acids is 2. The van der Waals surface area contributed by atoms with Crippen LogP contribution >= 0.6 is 0 Å². The van der Waals surface area contributed by atoms with Crippen LogP contribution < -0.4 is 14.8 Å². The summed E-state index contributed by atoms with van der Waals surface area (Å²) in [6.07, 6.45) is 3.24. The summed E-state index contributed by atoms with van der Waals surface area (Å²) >= 11 is 0. The van der Waals surface area contributed by atoms with E-state index in [1.54, 1.807) is 19.1 Å². The molecule has 0 spiro atoms. The van der Waals surface area contributed by atoms with Gasteiger partial charge < -0.3 is 19.7 Å². The van der Waals surface area contributed by atoms with Crippen LogP contribution in [0.1, 0.15) is 43.4 Å². The molecule has 2 aromatic carbocycles. The smallest absolute Gasteiger partial charge is 0.246 e. The summed E-state index contributed by atoms with van der Waals surface area (Å²) in [4.78, 5) is 29.3. The molecule has 1 heterocycles. The molecule has 2 amide bonds. The van der Waals surface area contributed by atoms with E-state index in [1.807, 2.05) is 30.3 Å². The van der Waals surface area contributed by atoms with Crippen LogP contribution in [0.5, 0.6) is 11.5 Å². The van der Waals surface area contributed by atoms with Gasteiger partial charge in [0.2, 0.25) is 11.8 Å². The first-order valence-electron chi connectivity index (χ1n) is 11.9. The van der Waals surface area contributed by atoms with Crippen LogP contribution in [0, 0.1) is 11.8 Å². The van der Waals surface area contributed by atoms with E-state index in [4.69, 9.17) is 9.47 Å². The number of ether oxygens (including phenoxy) is 2. The van der Waals surface area contributed by atoms with Crippen LogP contribution in [0.25, 0.3) is 0 Å². The number of amides is 2. The molecule has 0 radical (unpaired) electrons. The number of piperazine rings is 1. The van der Waals surface area contributed by atoms with Gasteiger partial charge in [0.1, 0.15) is 23.6 Å². The van der Waals surface area contributed by atoms with E-state index in [9.17, 15) is 9.59 Å². The lowest BCUT2D eigenvalue weighted by Gasteiger charge is -2.44. The predicted molar refractivity (Wildman–Crippen MR) is 127 cm³/mol. The first kappa shape index (κ1) is 23.1. The summed E-state index contributed by atoms with van der Waals surface area (Å²) in [6, 6.07) is 12.9. The van der Waals surface area contributed by atoms with Gasteiger partial charge in [0.25, 0.3) is 0 Å². The summed E-state index contributed by atoms with van der Waals surface area (Å²) < 4.78 is 11.2. The zero-order chi connectivity index (χ0) is 23.5. The second kappa shape index (κ2) is 9.86. The largest absolute Gasteiger partial charge is 0.496 e. The molecule has 1 aliphatic carbocycles. The molecule has 2 atom stereocenters. The molecular formula is C27H34N2O4. The molecular weight excluding hydrogens is 416 g/mol. The number of methoxy groups -OCH3 is 2. The van der Waals surface area contributed by atoms with E-state index < -0.39 is 12.1 Å². The highest BCUT2D eigenvalue weighted by Crippen LogP contribution is 2.36. The monoisotopic (exact) mass is 450 g/mol. The van der Waals surface area contributed by atoms with Crippen molar-refractivity contribution in [1.29, 1.82) is 0 Å². The van der Waals surface area contributed by atoms with Crippen molar-refractivity contribution >= 4 is 11.8 Å². The van der Waals surface area contributed by atoms with Crippen LogP contribution in [0.2, 0.25) is 0 Å². The minimum absolute atomic E-state index is 0.0164. The number of rotatable bonds is 8. The molecule has 33 heavy (non-hydrogen) atoms. The highest BCUT2D eigenvalue weighted by molar-refractivity contribution is 5.97. The zero-order valence-electron chi connectivity index (χ0n) is 20.0. The quantitative estimate of drug-likeness (QED) is 0.665. The lowest BCUT2D eigenvalue weighted by molar-refractivity contribution is -0.154. The summed E-state index contributed by atoms with van der Waals surface area (Å²) in [5.74, 6) is 1.37. The normalized spacial score (nSPS) is 20.7. The molecule has 176 valence electrons. The van der Waals surface area contributed by atoms with Crippen LogP contribution in [0.3, 0.4) is 0 Å². The molecule has 6 heteroatoms. The number of fused-ring (bicyclic) bond motifs is 1. The Hall–Kier alpha value is -3.02. The van der Waals surface area contributed by atoms with Crippen LogP contribution in [0.4, 0.5) is 0 Å². The lowest BCUT2D eigenvalue weighted by atomic mass is 9.86. The molecule has 0 bridgehead atoms. The number of nitrogens with zero attached hydrogens (tertiary/aromatic N) is 1. The Balaban J connectivity index is 1.69. The fourth-order valence-corrected chi connectivity index (χ4v) is 5.54. The average Bonchev–Trinajstić information content (AvgIpc) is 3.27. The number of hydrogen-bond donors (Lipinski definition) is 1. The third-order valence-electron chi connectivity index (χ3n) is 7.36. The summed E-state index contributed by atoms with van der Waals surface area (Å²) in [7, 11) is 3.22. The van der Waals surface area contributed by atoms with Gasteiger partial charge in [0.05, 0.1) is 26.3 Å². The van der Waals surface area contributed by atoms with Gasteiger partial charge in [-0.1, -0.05) is 57.0 Å². The molecule has 1 N–H and O–H groups in total. The van der Waals surface area contributed by atoms with Crippen LogP contribution in [0.15, 0.2) is 42.5 Å². The van der Waals surface area contributed by atoms with Gasteiger partial charge in [0.15, 0.2) is 0 Å². The molecule has 6 nitrogen and oxygen atoms in total. The standard InChI is InChI=1S/C27H34N2O4/c1-5-17(6-2)25-26(30)28-24(20-14-18-10-7-8-11-19(18)15-20)27(31)29(25)16-21-22(32-3)12-9-13-23(21)33-4/h7-13,17,20,24-25H,5-6,14-16H2,1-4H3,(H,28,30)/t24-,25-/m1/s1. The van der Waals surface area contributed by atoms with Crippen molar-refractivity contribution in [3.05, 3.63) is 59.2 Å². The maximum absolute atomic E-state index is 14.0. The van der Waals surface area contributed by atoms with Crippen molar-refractivity contribution in [3.63, 3.8) is 0 Å². The molecule has 0 saturated carbocycles. The lowest BCUT2D eigenvalue weighted by Crippen LogP contribution is -2.66. The maximum atomic E-state index is 14.0. The topological polar surface area (TPSA) is 67.9 Å². The molecule has 4 rings (SSSR count). The van der Waals surface area contributed by atoms with Gasteiger partial charge >= 0.3 is 0 Å². The summed E-state index contributed by atoms with van der Waals surface area (Å²) in [5, 5.41) is 3.12. The predicted octanol–water partition coefficient (Wildman–Crippen LogP) is 3.75. The molecule has 2 aromatic rings. The first-order valence-corrected chi connectivity index (χ1v) is 11.9. The zero-order valence-corrected chi connectivity index (χ0v) is 20.0. The molecule has 0 unspecified atom stereocenters. The van der Waals surface area contributed by atoms with Crippen molar-refractivity contribution in [1.82, 2.24) is 10.2 Å². The number of benzene rings is 2. The SMILES string of the molecule is CCC(CC)[C@@H]1C(=O)N[C@H](C2Cc3ccccc3C2)C(=O)N1Cc1c(OC)cccc1OC. The van der Waals surface area contributed by atoms with Crippen molar-refractivity contribution in [2.75, 3.05) is 14.2 Å². The van der Waals surface area contributed by atoms with Crippen molar-refractivity contribution in [3.8, 4) is 11.5 Å². The van der Waals surface area contributed by atoms with E-state index in [-0.39, 0.29) is 30.2 Å². The van der Waals surface area contributed by atoms with Gasteiger partial charge in [0, 0.05) is 0 Å². The van der Waals surface area contributed by atoms with Gasteiger partial charge in [-0.25, -0.2) is 0 Å². The van der Waals surface area contributed by atoms with E-state index in [2.05, 4.69) is 31.3 Å². The summed E-state index contributed by atoms with van der Waals surface area (Å²) in [5.41, 5.74) is 3.32. The van der Waals surface area contributed by atoms with Gasteiger partial charge in [-0.15, -0.1) is 0 Å². The van der Waals surface area contributed by atoms with Crippen LogP contribution in [-0.2, 0) is 29.0 Å². The van der Waals surface area contributed by atoms with E-state index >= 15 is 0 Å². The Kier molecular flexibility index (Phi) is 6.91. The maximum Gasteiger partial charge on any atom is 0.246 e. The minimum atomic E-state index is -0.531. The molecule has 0 aromatic heterocycles. The second-order valence-electron chi connectivity index (χ2n) is 9.05. The van der Waals surface area contributed by atoms with Crippen molar-refractivity contribution < 1.29 is 19.1 Å². The van der Waals surface area contributed by atoms with E-state index in [0.717, 1.165) is 31.2 Å². The number of carbonyl (C=O) groups is 2. The Labute approximate surface area is 196 Å². The number of nitrogens with one attached hydrogen (secondary N) is 1. The summed E-state index contributed by atoms with van der Waals surface area (Å²) in [6.45, 7) is 4.43. The molecule has 2 aliphatic rings. The fraction of sp³-hybridized carbons (Fsp3) is 0.481.